The largest absolute Gasteiger partial charge is 0.454 e. The molecule has 26 heavy (non-hydrogen) atoms. The summed E-state index contributed by atoms with van der Waals surface area (Å²) in [7, 11) is 0. The second kappa shape index (κ2) is 7.89. The van der Waals surface area contributed by atoms with Gasteiger partial charge in [0, 0.05) is 23.8 Å². The monoisotopic (exact) mass is 350 g/mol. The third kappa shape index (κ3) is 4.41. The van der Waals surface area contributed by atoms with Crippen LogP contribution in [-0.4, -0.2) is 15.9 Å². The molecule has 0 atom stereocenters. The van der Waals surface area contributed by atoms with Gasteiger partial charge in [0.15, 0.2) is 12.4 Å². The maximum atomic E-state index is 11.8. The van der Waals surface area contributed by atoms with Crippen molar-refractivity contribution in [3.63, 3.8) is 0 Å². The van der Waals surface area contributed by atoms with Gasteiger partial charge in [0.1, 0.15) is 0 Å². The Kier molecular flexibility index (Phi) is 5.19. The third-order valence-electron chi connectivity index (χ3n) is 3.45. The van der Waals surface area contributed by atoms with E-state index in [1.54, 1.807) is 12.1 Å². The molecule has 0 aliphatic carbocycles. The molecule has 0 amide bonds. The maximum Gasteiger partial charge on any atom is 0.331 e. The van der Waals surface area contributed by atoms with E-state index in [1.807, 2.05) is 30.3 Å². The highest BCUT2D eigenvalue weighted by molar-refractivity contribution is 5.87. The van der Waals surface area contributed by atoms with Crippen LogP contribution in [-0.2, 0) is 16.1 Å². The maximum absolute atomic E-state index is 11.8. The first-order valence-corrected chi connectivity index (χ1v) is 7.71. The molecule has 130 valence electrons. The van der Waals surface area contributed by atoms with Crippen LogP contribution < -0.4 is 0 Å². The van der Waals surface area contributed by atoms with Crippen LogP contribution in [0.2, 0.25) is 0 Å². The fourth-order valence-corrected chi connectivity index (χ4v) is 2.15. The van der Waals surface area contributed by atoms with Gasteiger partial charge in [-0.05, 0) is 35.9 Å². The topological polar surface area (TPSA) is 95.5 Å². The molecular weight excluding hydrogens is 336 g/mol. The average molecular weight is 350 g/mol. The number of esters is 1. The summed E-state index contributed by atoms with van der Waals surface area (Å²) in [5, 5.41) is 10.6. The molecule has 0 spiro atoms. The molecule has 7 heteroatoms. The van der Waals surface area contributed by atoms with E-state index >= 15 is 0 Å². The van der Waals surface area contributed by atoms with Crippen molar-refractivity contribution in [2.45, 2.75) is 6.61 Å². The van der Waals surface area contributed by atoms with E-state index in [-0.39, 0.29) is 12.3 Å². The van der Waals surface area contributed by atoms with Crippen molar-refractivity contribution in [3.05, 3.63) is 88.3 Å². The van der Waals surface area contributed by atoms with Gasteiger partial charge in [0.2, 0.25) is 5.89 Å². The van der Waals surface area contributed by atoms with E-state index in [4.69, 9.17) is 9.15 Å². The minimum absolute atomic E-state index is 0.00994. The Balaban J connectivity index is 1.54. The number of non-ortho nitro benzene ring substituents is 1. The SMILES string of the molecule is O=C(C=Cc1ccc([N+](=O)[O-])cc1)OCc1cnc(-c2ccccc2)o1. The van der Waals surface area contributed by atoms with Gasteiger partial charge in [-0.3, -0.25) is 10.1 Å². The summed E-state index contributed by atoms with van der Waals surface area (Å²) in [6.45, 7) is -0.0384. The number of nitro groups is 1. The van der Waals surface area contributed by atoms with Gasteiger partial charge in [-0.1, -0.05) is 18.2 Å². The number of benzene rings is 2. The first-order chi connectivity index (χ1) is 12.6. The Hall–Kier alpha value is -3.74. The van der Waals surface area contributed by atoms with Crippen LogP contribution in [0.3, 0.4) is 0 Å². The lowest BCUT2D eigenvalue weighted by atomic mass is 10.2. The van der Waals surface area contributed by atoms with Gasteiger partial charge >= 0.3 is 5.97 Å². The molecule has 0 N–H and O–H groups in total. The lowest BCUT2D eigenvalue weighted by Crippen LogP contribution is -1.99. The fourth-order valence-electron chi connectivity index (χ4n) is 2.15. The second-order valence-electron chi connectivity index (χ2n) is 5.29. The van der Waals surface area contributed by atoms with Crippen molar-refractivity contribution in [1.82, 2.24) is 4.98 Å². The van der Waals surface area contributed by atoms with Crippen molar-refractivity contribution < 1.29 is 18.9 Å². The molecule has 0 radical (unpaired) electrons. The van der Waals surface area contributed by atoms with Crippen LogP contribution >= 0.6 is 0 Å². The van der Waals surface area contributed by atoms with E-state index < -0.39 is 10.9 Å². The summed E-state index contributed by atoms with van der Waals surface area (Å²) < 4.78 is 10.6. The summed E-state index contributed by atoms with van der Waals surface area (Å²) in [5.74, 6) is 0.333. The Morgan fingerprint density at radius 1 is 1.15 bits per heavy atom. The van der Waals surface area contributed by atoms with Crippen molar-refractivity contribution in [1.29, 1.82) is 0 Å². The molecule has 0 aliphatic rings. The number of rotatable bonds is 6. The Labute approximate surface area is 148 Å². The predicted molar refractivity (Wildman–Crippen MR) is 93.9 cm³/mol. The number of carbonyl (C=O) groups excluding carboxylic acids is 1. The zero-order valence-corrected chi connectivity index (χ0v) is 13.6. The minimum Gasteiger partial charge on any atom is -0.454 e. The predicted octanol–water partition coefficient (Wildman–Crippen LogP) is 4.01. The summed E-state index contributed by atoms with van der Waals surface area (Å²) in [6.07, 6.45) is 4.27. The lowest BCUT2D eigenvalue weighted by Gasteiger charge is -1.99. The second-order valence-corrected chi connectivity index (χ2v) is 5.29. The van der Waals surface area contributed by atoms with Crippen molar-refractivity contribution in [2.75, 3.05) is 0 Å². The number of nitrogens with zero attached hydrogens (tertiary/aromatic N) is 2. The van der Waals surface area contributed by atoms with Crippen molar-refractivity contribution in [3.8, 4) is 11.5 Å². The first-order valence-electron chi connectivity index (χ1n) is 7.71. The quantitative estimate of drug-likeness (QED) is 0.288. The number of aromatic nitrogens is 1. The number of oxazole rings is 1. The third-order valence-corrected chi connectivity index (χ3v) is 3.45. The highest BCUT2D eigenvalue weighted by Crippen LogP contribution is 2.19. The van der Waals surface area contributed by atoms with Gasteiger partial charge in [-0.15, -0.1) is 0 Å². The van der Waals surface area contributed by atoms with Crippen LogP contribution in [0, 0.1) is 10.1 Å². The molecule has 0 fully saturated rings. The molecule has 3 aromatic rings. The summed E-state index contributed by atoms with van der Waals surface area (Å²) >= 11 is 0. The molecule has 3 rings (SSSR count). The van der Waals surface area contributed by atoms with Gasteiger partial charge in [-0.2, -0.15) is 0 Å². The van der Waals surface area contributed by atoms with Crippen LogP contribution in [0.15, 0.2) is 71.3 Å². The smallest absolute Gasteiger partial charge is 0.331 e. The summed E-state index contributed by atoms with van der Waals surface area (Å²) in [6, 6.07) is 15.2. The number of ether oxygens (including phenoxy) is 1. The normalized spacial score (nSPS) is 10.8. The van der Waals surface area contributed by atoms with Crippen molar-refractivity contribution in [2.24, 2.45) is 0 Å². The van der Waals surface area contributed by atoms with Crippen LogP contribution in [0.4, 0.5) is 5.69 Å². The van der Waals surface area contributed by atoms with E-state index in [0.717, 1.165) is 5.56 Å². The fraction of sp³-hybridized carbons (Fsp3) is 0.0526. The number of carbonyl (C=O) groups is 1. The zero-order chi connectivity index (χ0) is 18.4. The molecule has 2 aromatic carbocycles. The Bertz CT molecular complexity index is 930. The summed E-state index contributed by atoms with van der Waals surface area (Å²) in [5.41, 5.74) is 1.48. The van der Waals surface area contributed by atoms with E-state index in [9.17, 15) is 14.9 Å². The zero-order valence-electron chi connectivity index (χ0n) is 13.6. The average Bonchev–Trinajstić information content (AvgIpc) is 3.15. The molecule has 0 saturated heterocycles. The van der Waals surface area contributed by atoms with Crippen LogP contribution in [0.1, 0.15) is 11.3 Å². The van der Waals surface area contributed by atoms with Gasteiger partial charge in [0.05, 0.1) is 11.1 Å². The summed E-state index contributed by atoms with van der Waals surface area (Å²) in [4.78, 5) is 26.0. The molecule has 1 heterocycles. The molecule has 7 nitrogen and oxygen atoms in total. The molecular formula is C19H14N2O5. The molecule has 0 aliphatic heterocycles. The lowest BCUT2D eigenvalue weighted by molar-refractivity contribution is -0.384. The molecule has 0 saturated carbocycles. The highest BCUT2D eigenvalue weighted by atomic mass is 16.6. The number of hydrogen-bond donors (Lipinski definition) is 0. The van der Waals surface area contributed by atoms with Crippen LogP contribution in [0.5, 0.6) is 0 Å². The number of hydrogen-bond acceptors (Lipinski definition) is 6. The minimum atomic E-state index is -0.555. The molecule has 0 bridgehead atoms. The van der Waals surface area contributed by atoms with Crippen LogP contribution in [0.25, 0.3) is 17.5 Å². The van der Waals surface area contributed by atoms with E-state index in [2.05, 4.69) is 4.98 Å². The van der Waals surface area contributed by atoms with E-state index in [1.165, 1.54) is 30.5 Å². The molecule has 0 unspecified atom stereocenters. The Morgan fingerprint density at radius 2 is 1.88 bits per heavy atom. The van der Waals surface area contributed by atoms with Crippen molar-refractivity contribution >= 4 is 17.7 Å². The number of nitro benzene ring substituents is 1. The van der Waals surface area contributed by atoms with Gasteiger partial charge in [0.25, 0.3) is 5.69 Å². The van der Waals surface area contributed by atoms with Gasteiger partial charge < -0.3 is 9.15 Å². The molecule has 1 aromatic heterocycles. The van der Waals surface area contributed by atoms with Gasteiger partial charge in [-0.25, -0.2) is 9.78 Å². The van der Waals surface area contributed by atoms with E-state index in [0.29, 0.717) is 17.2 Å². The standard InChI is InChI=1S/C19H14N2O5/c22-18(11-8-14-6-9-16(10-7-14)21(23)24)25-13-17-12-20-19(26-17)15-4-2-1-3-5-15/h1-12H,13H2. The Morgan fingerprint density at radius 3 is 2.58 bits per heavy atom. The first kappa shape index (κ1) is 17.1. The highest BCUT2D eigenvalue weighted by Gasteiger charge is 2.08.